The molecule has 0 saturated carbocycles. The lowest BCUT2D eigenvalue weighted by Gasteiger charge is -2.32. The Bertz CT molecular complexity index is 1220. The molecule has 3 aromatic rings. The second-order valence-electron chi connectivity index (χ2n) is 9.47. The van der Waals surface area contributed by atoms with Crippen LogP contribution < -0.4 is 10.6 Å². The Kier molecular flexibility index (Phi) is 9.15. The highest BCUT2D eigenvalue weighted by atomic mass is 32.1. The molecule has 2 aliphatic heterocycles. The minimum absolute atomic E-state index is 0. The summed E-state index contributed by atoms with van der Waals surface area (Å²) in [6.45, 7) is 4.98. The smallest absolute Gasteiger partial charge is 0.320 e. The number of aromatic nitrogens is 2. The predicted molar refractivity (Wildman–Crippen MR) is 149 cm³/mol. The monoisotopic (exact) mass is 521 g/mol. The maximum Gasteiger partial charge on any atom is 0.320 e. The predicted octanol–water partition coefficient (Wildman–Crippen LogP) is 3.19. The lowest BCUT2D eigenvalue weighted by atomic mass is 10.0. The average Bonchev–Trinajstić information content (AvgIpc) is 3.38. The van der Waals surface area contributed by atoms with E-state index >= 15 is 0 Å². The van der Waals surface area contributed by atoms with Crippen LogP contribution in [0.3, 0.4) is 0 Å². The van der Waals surface area contributed by atoms with Crippen molar-refractivity contribution >= 4 is 25.2 Å². The Morgan fingerprint density at radius 3 is 2.70 bits per heavy atom. The fourth-order valence-electron chi connectivity index (χ4n) is 5.19. The molecule has 3 N–H and O–H groups in total. The van der Waals surface area contributed by atoms with Gasteiger partial charge in [-0.15, -0.1) is 0 Å². The van der Waals surface area contributed by atoms with E-state index in [1.165, 1.54) is 0 Å². The van der Waals surface area contributed by atoms with E-state index < -0.39 is 12.0 Å². The average molecular weight is 522 g/mol. The number of carbonyl (C=O) groups is 1. The van der Waals surface area contributed by atoms with Crippen molar-refractivity contribution in [3.05, 3.63) is 77.2 Å². The van der Waals surface area contributed by atoms with Crippen molar-refractivity contribution in [3.8, 4) is 11.3 Å². The minimum Gasteiger partial charge on any atom is -0.480 e. The van der Waals surface area contributed by atoms with Gasteiger partial charge >= 0.3 is 5.97 Å². The van der Waals surface area contributed by atoms with E-state index in [2.05, 4.69) is 39.0 Å². The zero-order valence-corrected chi connectivity index (χ0v) is 22.0. The minimum atomic E-state index is -0.736. The number of likely N-dealkylation sites (tertiary alicyclic amines) is 1. The number of rotatable bonds is 8. The van der Waals surface area contributed by atoms with Gasteiger partial charge in [-0.1, -0.05) is 30.3 Å². The summed E-state index contributed by atoms with van der Waals surface area (Å²) in [5.74, 6) is 0.0146. The number of anilines is 1. The number of carboxylic acid groups (broad SMARTS) is 1. The Morgan fingerprint density at radius 2 is 1.92 bits per heavy atom. The molecule has 0 aliphatic carbocycles. The second-order valence-corrected chi connectivity index (χ2v) is 9.47. The third kappa shape index (κ3) is 6.48. The van der Waals surface area contributed by atoms with Crippen LogP contribution in [0.25, 0.3) is 11.3 Å². The molecule has 9 heteroatoms. The van der Waals surface area contributed by atoms with E-state index in [0.29, 0.717) is 39.1 Å². The summed E-state index contributed by atoms with van der Waals surface area (Å²) in [6, 6.07) is 16.1. The molecule has 1 aromatic heterocycles. The summed E-state index contributed by atoms with van der Waals surface area (Å²) >= 11 is 0. The number of hydrogen-bond acceptors (Lipinski definition) is 7. The van der Waals surface area contributed by atoms with Crippen LogP contribution >= 0.6 is 13.5 Å². The molecule has 1 atom stereocenters. The largest absolute Gasteiger partial charge is 0.480 e. The molecule has 0 radical (unpaired) electrons. The van der Waals surface area contributed by atoms with Crippen LogP contribution in [0.4, 0.5) is 5.69 Å². The molecule has 37 heavy (non-hydrogen) atoms. The summed E-state index contributed by atoms with van der Waals surface area (Å²) < 4.78 is 5.55. The number of ether oxygens (including phenoxy) is 1. The molecular weight excluding hydrogens is 486 g/mol. The van der Waals surface area contributed by atoms with Gasteiger partial charge in [0.05, 0.1) is 18.9 Å². The Labute approximate surface area is 224 Å². The molecule has 5 rings (SSSR count). The third-order valence-corrected chi connectivity index (χ3v) is 7.04. The van der Waals surface area contributed by atoms with Crippen molar-refractivity contribution in [1.29, 1.82) is 0 Å². The van der Waals surface area contributed by atoms with E-state index in [9.17, 15) is 9.90 Å². The van der Waals surface area contributed by atoms with Gasteiger partial charge in [0.25, 0.3) is 0 Å². The SMILES string of the molecule is NCc1cccc(-c2ccnc(Cc3ccc(N4CCOCC4)c(CN4CCCC4C(=O)O)c3)n2)c1.S. The van der Waals surface area contributed by atoms with Crippen molar-refractivity contribution in [2.75, 3.05) is 37.7 Å². The van der Waals surface area contributed by atoms with Crippen LogP contribution in [0.5, 0.6) is 0 Å². The van der Waals surface area contributed by atoms with Crippen molar-refractivity contribution in [1.82, 2.24) is 14.9 Å². The van der Waals surface area contributed by atoms with Crippen LogP contribution in [0.1, 0.15) is 35.4 Å². The van der Waals surface area contributed by atoms with Crippen molar-refractivity contribution in [2.24, 2.45) is 5.73 Å². The quantitative estimate of drug-likeness (QED) is 0.466. The zero-order chi connectivity index (χ0) is 24.9. The van der Waals surface area contributed by atoms with Gasteiger partial charge in [-0.2, -0.15) is 13.5 Å². The summed E-state index contributed by atoms with van der Waals surface area (Å²) in [5.41, 5.74) is 12.2. The van der Waals surface area contributed by atoms with Crippen LogP contribution in [-0.4, -0.2) is 64.8 Å². The highest BCUT2D eigenvalue weighted by molar-refractivity contribution is 7.59. The molecule has 3 heterocycles. The van der Waals surface area contributed by atoms with Gasteiger partial charge in [0, 0.05) is 50.0 Å². The molecule has 196 valence electrons. The molecule has 2 aliphatic rings. The lowest BCUT2D eigenvalue weighted by Crippen LogP contribution is -2.38. The molecular formula is C28H35N5O3S. The van der Waals surface area contributed by atoms with Crippen molar-refractivity contribution in [3.63, 3.8) is 0 Å². The van der Waals surface area contributed by atoms with E-state index in [0.717, 1.165) is 65.5 Å². The molecule has 0 amide bonds. The highest BCUT2D eigenvalue weighted by Crippen LogP contribution is 2.29. The van der Waals surface area contributed by atoms with Crippen LogP contribution in [0, 0.1) is 0 Å². The summed E-state index contributed by atoms with van der Waals surface area (Å²) in [7, 11) is 0. The van der Waals surface area contributed by atoms with E-state index in [-0.39, 0.29) is 13.5 Å². The summed E-state index contributed by atoms with van der Waals surface area (Å²) in [6.07, 6.45) is 4.02. The van der Waals surface area contributed by atoms with E-state index in [4.69, 9.17) is 15.5 Å². The number of hydrogen-bond donors (Lipinski definition) is 2. The summed E-state index contributed by atoms with van der Waals surface area (Å²) in [4.78, 5) is 25.6. The first kappa shape index (κ1) is 27.1. The van der Waals surface area contributed by atoms with E-state index in [1.807, 2.05) is 24.3 Å². The first-order valence-electron chi connectivity index (χ1n) is 12.6. The molecule has 1 unspecified atom stereocenters. The van der Waals surface area contributed by atoms with Gasteiger partial charge in [-0.25, -0.2) is 9.97 Å². The number of benzene rings is 2. The highest BCUT2D eigenvalue weighted by Gasteiger charge is 2.31. The maximum absolute atomic E-state index is 11.8. The topological polar surface area (TPSA) is 105 Å². The van der Waals surface area contributed by atoms with Crippen molar-refractivity contribution in [2.45, 2.75) is 38.4 Å². The second kappa shape index (κ2) is 12.5. The van der Waals surface area contributed by atoms with Crippen LogP contribution in [0.15, 0.2) is 54.7 Å². The Morgan fingerprint density at radius 1 is 1.08 bits per heavy atom. The van der Waals surface area contributed by atoms with Crippen molar-refractivity contribution < 1.29 is 14.6 Å². The van der Waals surface area contributed by atoms with E-state index in [1.54, 1.807) is 6.20 Å². The number of carboxylic acids is 1. The standard InChI is InChI=1S/C28H33N5O3.H2S/c29-18-21-3-1-4-22(16-21)24-8-9-30-27(31-24)17-20-6-7-25(32-11-13-36-14-12-32)23(15-20)19-33-10-2-5-26(33)28(34)35;/h1,3-4,6-9,15-16,26H,2,5,10-14,17-19,29H2,(H,34,35);1H2. The lowest BCUT2D eigenvalue weighted by molar-refractivity contribution is -0.142. The van der Waals surface area contributed by atoms with Gasteiger partial charge in [0.15, 0.2) is 0 Å². The van der Waals surface area contributed by atoms with Gasteiger partial charge in [-0.3, -0.25) is 9.69 Å². The van der Waals surface area contributed by atoms with Crippen LogP contribution in [-0.2, 0) is 29.0 Å². The number of morpholine rings is 1. The zero-order valence-electron chi connectivity index (χ0n) is 21.0. The van der Waals surface area contributed by atoms with Gasteiger partial charge < -0.3 is 20.5 Å². The molecule has 2 aromatic carbocycles. The van der Waals surface area contributed by atoms with Gasteiger partial charge in [0.1, 0.15) is 11.9 Å². The number of nitrogens with two attached hydrogens (primary N) is 1. The fourth-order valence-corrected chi connectivity index (χ4v) is 5.19. The molecule has 8 nitrogen and oxygen atoms in total. The number of nitrogens with zero attached hydrogens (tertiary/aromatic N) is 4. The molecule has 2 fully saturated rings. The van der Waals surface area contributed by atoms with Crippen LogP contribution in [0.2, 0.25) is 0 Å². The first-order valence-corrected chi connectivity index (χ1v) is 12.6. The Balaban J connectivity index is 0.00000320. The van der Waals surface area contributed by atoms with Gasteiger partial charge in [0.2, 0.25) is 0 Å². The summed E-state index contributed by atoms with van der Waals surface area (Å²) in [5, 5.41) is 9.69. The molecule has 0 bridgehead atoms. The first-order chi connectivity index (χ1) is 17.6. The van der Waals surface area contributed by atoms with Gasteiger partial charge in [-0.05, 0) is 54.3 Å². The molecule has 0 spiro atoms. The fraction of sp³-hybridized carbons (Fsp3) is 0.393. The molecule has 2 saturated heterocycles. The Hall–Kier alpha value is -2.98. The third-order valence-electron chi connectivity index (χ3n) is 7.04. The normalized spacial score (nSPS) is 18.0. The number of aliphatic carboxylic acids is 1. The maximum atomic E-state index is 11.8.